The van der Waals surface area contributed by atoms with Crippen molar-refractivity contribution in [1.82, 2.24) is 0 Å². The summed E-state index contributed by atoms with van der Waals surface area (Å²) in [5.41, 5.74) is 8.43. The number of phenols is 2. The first-order chi connectivity index (χ1) is 21.6. The van der Waals surface area contributed by atoms with E-state index in [1.54, 1.807) is 24.3 Å². The summed E-state index contributed by atoms with van der Waals surface area (Å²) in [5.74, 6) is 0.402. The molecule has 2 heterocycles. The van der Waals surface area contributed by atoms with Crippen LogP contribution in [0.15, 0.2) is 146 Å². The van der Waals surface area contributed by atoms with Crippen LogP contribution in [-0.4, -0.2) is 16.8 Å². The van der Waals surface area contributed by atoms with E-state index in [9.17, 15) is 10.2 Å². The number of nitrogens with zero attached hydrogens (tertiary/aromatic N) is 3. The Morgan fingerprint density at radius 2 is 1.45 bits per heavy atom. The minimum atomic E-state index is 0.201. The second-order valence-electron chi connectivity index (χ2n) is 10.6. The predicted molar refractivity (Wildman–Crippen MR) is 182 cm³/mol. The van der Waals surface area contributed by atoms with Gasteiger partial charge in [0.25, 0.3) is 0 Å². The van der Waals surface area contributed by atoms with E-state index < -0.39 is 0 Å². The maximum absolute atomic E-state index is 10.1. The van der Waals surface area contributed by atoms with E-state index in [4.69, 9.17) is 0 Å². The molecule has 2 N–H and O–H groups in total. The lowest BCUT2D eigenvalue weighted by atomic mass is 9.99. The Bertz CT molecular complexity index is 1860. The van der Waals surface area contributed by atoms with Crippen LogP contribution < -0.4 is 14.4 Å². The van der Waals surface area contributed by atoms with E-state index in [0.29, 0.717) is 0 Å². The number of hydrogen-bond donors (Lipinski definition) is 2. The smallest absolute Gasteiger partial charge is 0.213 e. The quantitative estimate of drug-likeness (QED) is 0.143. The highest BCUT2D eigenvalue weighted by Crippen LogP contribution is 2.35. The molecule has 5 heteroatoms. The molecule has 1 aromatic heterocycles. The van der Waals surface area contributed by atoms with Gasteiger partial charge in [-0.05, 0) is 104 Å². The van der Waals surface area contributed by atoms with E-state index in [-0.39, 0.29) is 11.5 Å². The van der Waals surface area contributed by atoms with Crippen molar-refractivity contribution < 1.29 is 14.8 Å². The predicted octanol–water partition coefficient (Wildman–Crippen LogP) is 8.73. The molecule has 0 fully saturated rings. The molecule has 5 nitrogen and oxygen atoms in total. The highest BCUT2D eigenvalue weighted by Gasteiger charge is 2.17. The van der Waals surface area contributed by atoms with Crippen molar-refractivity contribution in [1.29, 1.82) is 0 Å². The van der Waals surface area contributed by atoms with Crippen molar-refractivity contribution in [2.24, 2.45) is 0 Å². The minimum Gasteiger partial charge on any atom is -0.508 e. The average molecular weight is 579 g/mol. The van der Waals surface area contributed by atoms with E-state index in [1.807, 2.05) is 24.3 Å². The summed E-state index contributed by atoms with van der Waals surface area (Å²) in [6, 6.07) is 33.4. The fourth-order valence-corrected chi connectivity index (χ4v) is 5.66. The summed E-state index contributed by atoms with van der Waals surface area (Å²) in [5, 5.41) is 21.3. The summed E-state index contributed by atoms with van der Waals surface area (Å²) in [6.45, 7) is 6.09. The van der Waals surface area contributed by atoms with E-state index in [2.05, 4.69) is 126 Å². The van der Waals surface area contributed by atoms with Gasteiger partial charge in [-0.3, -0.25) is 0 Å². The van der Waals surface area contributed by atoms with Gasteiger partial charge in [0.2, 0.25) is 5.52 Å². The van der Waals surface area contributed by atoms with Crippen LogP contribution in [0.5, 0.6) is 11.5 Å². The summed E-state index contributed by atoms with van der Waals surface area (Å²) < 4.78 is 2.25. The molecule has 44 heavy (non-hydrogen) atoms. The first kappa shape index (κ1) is 28.6. The minimum absolute atomic E-state index is 0.201. The Morgan fingerprint density at radius 1 is 0.795 bits per heavy atom. The van der Waals surface area contributed by atoms with Gasteiger partial charge < -0.3 is 20.0 Å². The lowest BCUT2D eigenvalue weighted by Crippen LogP contribution is -2.32. The van der Waals surface area contributed by atoms with Gasteiger partial charge in [0, 0.05) is 53.2 Å². The molecular weight excluding hydrogens is 542 g/mol. The maximum Gasteiger partial charge on any atom is 0.213 e. The van der Waals surface area contributed by atoms with Gasteiger partial charge in [0.15, 0.2) is 6.20 Å². The lowest BCUT2D eigenvalue weighted by Gasteiger charge is -2.27. The number of aromatic nitrogens is 1. The van der Waals surface area contributed by atoms with E-state index in [0.717, 1.165) is 41.3 Å². The first-order valence-electron chi connectivity index (χ1n) is 15.0. The zero-order valence-electron chi connectivity index (χ0n) is 25.0. The van der Waals surface area contributed by atoms with E-state index in [1.165, 1.54) is 22.2 Å². The summed E-state index contributed by atoms with van der Waals surface area (Å²) in [7, 11) is 0. The van der Waals surface area contributed by atoms with Gasteiger partial charge >= 0.3 is 0 Å². The number of aromatic hydroxyl groups is 2. The van der Waals surface area contributed by atoms with Crippen LogP contribution in [0, 0.1) is 0 Å². The second kappa shape index (κ2) is 12.8. The van der Waals surface area contributed by atoms with Crippen molar-refractivity contribution >= 4 is 39.6 Å². The van der Waals surface area contributed by atoms with Gasteiger partial charge in [-0.2, -0.15) is 4.57 Å². The molecule has 1 aliphatic rings. The van der Waals surface area contributed by atoms with Gasteiger partial charge in [-0.1, -0.05) is 42.5 Å². The summed E-state index contributed by atoms with van der Waals surface area (Å²) >= 11 is 0. The van der Waals surface area contributed by atoms with Crippen molar-refractivity contribution in [3.63, 3.8) is 0 Å². The molecule has 0 amide bonds. The van der Waals surface area contributed by atoms with Crippen molar-refractivity contribution in [3.05, 3.63) is 157 Å². The molecular formula is C39H36N3O2+. The standard InChI is InChI=1S/C39H35N3O2/c1-3-40-27-25-29(36-9-5-7-11-38(36)40)13-15-31(16-14-30-26-28-41(4-2)39-12-8-6-10-37(30)39)42(32-17-21-34(43)22-18-32)33-19-23-35(44)24-20-33/h5-28H,3-4H2,1-2H3,(H-,43,44)/p+1. The number of para-hydroxylation sites is 2. The SMILES string of the molecule is CCN1C=CC(=CC=C(C=Cc2cc[n+](CC)c3ccccc23)N(c2ccc(O)cc2)c2ccc(O)cc2)c2ccccc21. The van der Waals surface area contributed by atoms with Crippen LogP contribution in [0.3, 0.4) is 0 Å². The Morgan fingerprint density at radius 3 is 2.14 bits per heavy atom. The van der Waals surface area contributed by atoms with Gasteiger partial charge in [0.1, 0.15) is 18.0 Å². The number of hydrogen-bond acceptors (Lipinski definition) is 4. The Balaban J connectivity index is 1.53. The van der Waals surface area contributed by atoms with Gasteiger partial charge in [-0.25, -0.2) is 0 Å². The summed E-state index contributed by atoms with van der Waals surface area (Å²) in [4.78, 5) is 4.38. The van der Waals surface area contributed by atoms with E-state index >= 15 is 0 Å². The number of benzene rings is 4. The second-order valence-corrected chi connectivity index (χ2v) is 10.6. The molecule has 0 aliphatic carbocycles. The Hall–Kier alpha value is -5.55. The number of fused-ring (bicyclic) bond motifs is 2. The molecule has 4 aromatic carbocycles. The fraction of sp³-hybridized carbons (Fsp3) is 0.103. The lowest BCUT2D eigenvalue weighted by molar-refractivity contribution is -0.667. The highest BCUT2D eigenvalue weighted by atomic mass is 16.3. The molecule has 0 unspecified atom stereocenters. The zero-order chi connectivity index (χ0) is 30.5. The monoisotopic (exact) mass is 578 g/mol. The maximum atomic E-state index is 10.1. The van der Waals surface area contributed by atoms with Crippen molar-refractivity contribution in [2.45, 2.75) is 20.4 Å². The number of anilines is 3. The molecule has 0 bridgehead atoms. The Kier molecular flexibility index (Phi) is 8.28. The van der Waals surface area contributed by atoms with Crippen molar-refractivity contribution in [2.75, 3.05) is 16.3 Å². The number of aryl methyl sites for hydroxylation is 1. The molecule has 5 aromatic rings. The number of phenolic OH excluding ortho intramolecular Hbond substituents is 2. The number of allylic oxidation sites excluding steroid dienone is 5. The molecule has 6 rings (SSSR count). The van der Waals surface area contributed by atoms with Crippen LogP contribution in [0.2, 0.25) is 0 Å². The van der Waals surface area contributed by atoms with Crippen LogP contribution >= 0.6 is 0 Å². The van der Waals surface area contributed by atoms with Crippen LogP contribution in [0.4, 0.5) is 17.1 Å². The topological polar surface area (TPSA) is 50.8 Å². The fourth-order valence-electron chi connectivity index (χ4n) is 5.66. The van der Waals surface area contributed by atoms with Crippen LogP contribution in [0.1, 0.15) is 25.0 Å². The number of pyridine rings is 1. The third kappa shape index (κ3) is 5.86. The molecule has 0 spiro atoms. The van der Waals surface area contributed by atoms with Crippen LogP contribution in [0.25, 0.3) is 22.6 Å². The molecule has 0 atom stereocenters. The largest absolute Gasteiger partial charge is 0.508 e. The normalized spacial score (nSPS) is 14.0. The van der Waals surface area contributed by atoms with Gasteiger partial charge in [-0.15, -0.1) is 0 Å². The first-order valence-corrected chi connectivity index (χ1v) is 15.0. The average Bonchev–Trinajstić information content (AvgIpc) is 3.07. The number of rotatable bonds is 8. The van der Waals surface area contributed by atoms with Crippen LogP contribution in [-0.2, 0) is 6.54 Å². The third-order valence-electron chi connectivity index (χ3n) is 7.94. The highest BCUT2D eigenvalue weighted by molar-refractivity contribution is 5.88. The third-order valence-corrected chi connectivity index (χ3v) is 7.94. The van der Waals surface area contributed by atoms with Gasteiger partial charge in [0.05, 0.1) is 5.39 Å². The molecule has 1 aliphatic heterocycles. The molecule has 0 saturated carbocycles. The Labute approximate surface area is 258 Å². The van der Waals surface area contributed by atoms with Crippen molar-refractivity contribution in [3.8, 4) is 11.5 Å². The summed E-state index contributed by atoms with van der Waals surface area (Å²) in [6.07, 6.45) is 15.0. The molecule has 0 radical (unpaired) electrons. The zero-order valence-corrected chi connectivity index (χ0v) is 25.0. The molecule has 0 saturated heterocycles. The molecule has 218 valence electrons.